The zero-order valence-electron chi connectivity index (χ0n) is 18.3. The highest BCUT2D eigenvalue weighted by Gasteiger charge is 2.26. The van der Waals surface area contributed by atoms with Gasteiger partial charge in [0.2, 0.25) is 0 Å². The number of hydrogen-bond donors (Lipinski definition) is 1. The van der Waals surface area contributed by atoms with Crippen molar-refractivity contribution in [3.63, 3.8) is 0 Å². The van der Waals surface area contributed by atoms with Crippen LogP contribution in [0.25, 0.3) is 0 Å². The van der Waals surface area contributed by atoms with Gasteiger partial charge in [-0.05, 0) is 47.4 Å². The van der Waals surface area contributed by atoms with Crippen LogP contribution in [0, 0.1) is 5.82 Å². The minimum absolute atomic E-state index is 0.0472. The van der Waals surface area contributed by atoms with E-state index in [9.17, 15) is 9.18 Å². The van der Waals surface area contributed by atoms with Crippen molar-refractivity contribution in [1.29, 1.82) is 0 Å². The van der Waals surface area contributed by atoms with Gasteiger partial charge in [0.25, 0.3) is 5.91 Å². The summed E-state index contributed by atoms with van der Waals surface area (Å²) in [5.41, 5.74) is 4.78. The summed E-state index contributed by atoms with van der Waals surface area (Å²) in [6.07, 6.45) is 0.954. The summed E-state index contributed by atoms with van der Waals surface area (Å²) in [4.78, 5) is 17.2. The Morgan fingerprint density at radius 2 is 1.78 bits per heavy atom. The zero-order chi connectivity index (χ0) is 22.7. The fraction of sp³-hybridized carbons (Fsp3) is 0.269. The van der Waals surface area contributed by atoms with Crippen LogP contribution in [0.1, 0.15) is 33.1 Å². The molecule has 1 heterocycles. The molecule has 0 saturated heterocycles. The smallest absolute Gasteiger partial charge is 0.255 e. The summed E-state index contributed by atoms with van der Waals surface area (Å²) in [6.45, 7) is 2.03. The first-order chi connectivity index (χ1) is 15.4. The normalized spacial score (nSPS) is 14.5. The van der Waals surface area contributed by atoms with Crippen molar-refractivity contribution in [3.8, 4) is 0 Å². The van der Waals surface area contributed by atoms with E-state index in [1.54, 1.807) is 0 Å². The van der Waals surface area contributed by atoms with E-state index >= 15 is 0 Å². The first kappa shape index (κ1) is 22.3. The molecule has 32 heavy (non-hydrogen) atoms. The lowest BCUT2D eigenvalue weighted by atomic mass is 9.96. The van der Waals surface area contributed by atoms with Gasteiger partial charge in [0.15, 0.2) is 0 Å². The molecule has 1 N–H and O–H groups in total. The third-order valence-corrected chi connectivity index (χ3v) is 6.36. The Morgan fingerprint density at radius 3 is 2.47 bits per heavy atom. The summed E-state index contributed by atoms with van der Waals surface area (Å²) < 4.78 is 14.2. The number of fused-ring (bicyclic) bond motifs is 1. The second-order valence-corrected chi connectivity index (χ2v) is 8.70. The van der Waals surface area contributed by atoms with Crippen molar-refractivity contribution in [2.45, 2.75) is 19.0 Å². The number of hydrogen-bond acceptors (Lipinski definition) is 3. The van der Waals surface area contributed by atoms with Gasteiger partial charge in [-0.3, -0.25) is 9.69 Å². The van der Waals surface area contributed by atoms with Gasteiger partial charge in [-0.1, -0.05) is 54.1 Å². The van der Waals surface area contributed by atoms with Crippen molar-refractivity contribution in [2.24, 2.45) is 0 Å². The van der Waals surface area contributed by atoms with Gasteiger partial charge in [0, 0.05) is 39.4 Å². The zero-order valence-corrected chi connectivity index (χ0v) is 19.1. The van der Waals surface area contributed by atoms with Gasteiger partial charge in [-0.2, -0.15) is 0 Å². The van der Waals surface area contributed by atoms with Crippen LogP contribution in [0.2, 0.25) is 5.02 Å². The molecule has 166 valence electrons. The largest absolute Gasteiger partial charge is 0.378 e. The SMILES string of the molecule is CN(C)c1ccc(C(CNC(=O)c2c(F)cccc2Cl)N2CCc3ccccc3C2)cc1. The number of carbonyl (C=O) groups excluding carboxylic acids is 1. The number of rotatable bonds is 6. The van der Waals surface area contributed by atoms with Crippen LogP contribution in [-0.4, -0.2) is 38.0 Å². The molecule has 3 aromatic carbocycles. The molecular formula is C26H27ClFN3O. The first-order valence-electron chi connectivity index (χ1n) is 10.7. The lowest BCUT2D eigenvalue weighted by Gasteiger charge is -2.36. The second kappa shape index (κ2) is 9.72. The third-order valence-electron chi connectivity index (χ3n) is 6.04. The molecule has 3 aromatic rings. The molecule has 1 aliphatic rings. The molecule has 1 aliphatic heterocycles. The van der Waals surface area contributed by atoms with Crippen molar-refractivity contribution >= 4 is 23.2 Å². The summed E-state index contributed by atoms with van der Waals surface area (Å²) in [5, 5.41) is 3.03. The average Bonchev–Trinajstić information content (AvgIpc) is 2.79. The van der Waals surface area contributed by atoms with Crippen LogP contribution in [-0.2, 0) is 13.0 Å². The Morgan fingerprint density at radius 1 is 1.06 bits per heavy atom. The number of halogens is 2. The van der Waals surface area contributed by atoms with Gasteiger partial charge in [-0.25, -0.2) is 4.39 Å². The molecule has 4 nitrogen and oxygen atoms in total. The molecule has 0 radical (unpaired) electrons. The molecule has 0 spiro atoms. The van der Waals surface area contributed by atoms with Crippen LogP contribution in [0.5, 0.6) is 0 Å². The minimum atomic E-state index is -0.617. The number of nitrogens with zero attached hydrogens (tertiary/aromatic N) is 2. The van der Waals surface area contributed by atoms with E-state index in [1.807, 2.05) is 14.1 Å². The number of benzene rings is 3. The van der Waals surface area contributed by atoms with E-state index < -0.39 is 11.7 Å². The molecule has 0 aromatic heterocycles. The van der Waals surface area contributed by atoms with E-state index in [2.05, 4.69) is 63.6 Å². The minimum Gasteiger partial charge on any atom is -0.378 e. The van der Waals surface area contributed by atoms with Gasteiger partial charge < -0.3 is 10.2 Å². The summed E-state index contributed by atoms with van der Waals surface area (Å²) in [6, 6.07) is 21.1. The Kier molecular flexibility index (Phi) is 6.77. The Bertz CT molecular complexity index is 1080. The quantitative estimate of drug-likeness (QED) is 0.568. The highest BCUT2D eigenvalue weighted by Crippen LogP contribution is 2.29. The third kappa shape index (κ3) is 4.79. The Labute approximate surface area is 193 Å². The van der Waals surface area contributed by atoms with Gasteiger partial charge in [0.1, 0.15) is 5.82 Å². The molecule has 0 fully saturated rings. The molecule has 0 saturated carbocycles. The molecule has 1 amide bonds. The fourth-order valence-electron chi connectivity index (χ4n) is 4.23. The Hall–Kier alpha value is -2.89. The highest BCUT2D eigenvalue weighted by molar-refractivity contribution is 6.33. The predicted octanol–water partition coefficient (Wildman–Crippen LogP) is 5.07. The van der Waals surface area contributed by atoms with Crippen molar-refractivity contribution in [2.75, 3.05) is 32.1 Å². The van der Waals surface area contributed by atoms with Crippen LogP contribution in [0.3, 0.4) is 0 Å². The molecule has 4 rings (SSSR count). The van der Waals surface area contributed by atoms with E-state index in [1.165, 1.54) is 29.3 Å². The van der Waals surface area contributed by atoms with Gasteiger partial charge in [-0.15, -0.1) is 0 Å². The van der Waals surface area contributed by atoms with Crippen LogP contribution >= 0.6 is 11.6 Å². The molecule has 1 atom stereocenters. The topological polar surface area (TPSA) is 35.6 Å². The lowest BCUT2D eigenvalue weighted by molar-refractivity contribution is 0.0924. The number of nitrogens with one attached hydrogen (secondary N) is 1. The lowest BCUT2D eigenvalue weighted by Crippen LogP contribution is -2.41. The van der Waals surface area contributed by atoms with Crippen LogP contribution in [0.4, 0.5) is 10.1 Å². The maximum absolute atomic E-state index is 14.2. The van der Waals surface area contributed by atoms with E-state index in [-0.39, 0.29) is 16.6 Å². The monoisotopic (exact) mass is 451 g/mol. The number of anilines is 1. The number of carbonyl (C=O) groups is 1. The van der Waals surface area contributed by atoms with E-state index in [4.69, 9.17) is 11.6 Å². The maximum Gasteiger partial charge on any atom is 0.255 e. The van der Waals surface area contributed by atoms with Crippen molar-refractivity contribution < 1.29 is 9.18 Å². The van der Waals surface area contributed by atoms with E-state index in [0.717, 1.165) is 30.8 Å². The van der Waals surface area contributed by atoms with Gasteiger partial charge in [0.05, 0.1) is 16.6 Å². The predicted molar refractivity (Wildman–Crippen MR) is 128 cm³/mol. The van der Waals surface area contributed by atoms with Gasteiger partial charge >= 0.3 is 0 Å². The summed E-state index contributed by atoms with van der Waals surface area (Å²) in [7, 11) is 4.01. The second-order valence-electron chi connectivity index (χ2n) is 8.30. The molecular weight excluding hydrogens is 425 g/mol. The highest BCUT2D eigenvalue weighted by atomic mass is 35.5. The van der Waals surface area contributed by atoms with E-state index in [0.29, 0.717) is 6.54 Å². The molecule has 0 bridgehead atoms. The number of amides is 1. The molecule has 1 unspecified atom stereocenters. The maximum atomic E-state index is 14.2. The first-order valence-corrected chi connectivity index (χ1v) is 11.1. The van der Waals surface area contributed by atoms with Crippen LogP contribution in [0.15, 0.2) is 66.7 Å². The summed E-state index contributed by atoms with van der Waals surface area (Å²) >= 11 is 6.09. The Balaban J connectivity index is 1.58. The summed E-state index contributed by atoms with van der Waals surface area (Å²) in [5.74, 6) is -1.12. The fourth-order valence-corrected chi connectivity index (χ4v) is 4.48. The average molecular weight is 452 g/mol. The van der Waals surface area contributed by atoms with Crippen molar-refractivity contribution in [1.82, 2.24) is 10.2 Å². The van der Waals surface area contributed by atoms with Crippen molar-refractivity contribution in [3.05, 3.63) is 99.8 Å². The molecule has 6 heteroatoms. The molecule has 0 aliphatic carbocycles. The van der Waals surface area contributed by atoms with Crippen LogP contribution < -0.4 is 10.2 Å². The standard InChI is InChI=1S/C26H27ClFN3O/c1-30(2)21-12-10-19(11-13-21)24(31-15-14-18-6-3-4-7-20(18)17-31)16-29-26(32)25-22(27)8-5-9-23(25)28/h3-13,24H,14-17H2,1-2H3,(H,29,32).